The second-order valence-electron chi connectivity index (χ2n) is 15.9. The highest BCUT2D eigenvalue weighted by molar-refractivity contribution is 6.22. The molecule has 0 spiro atoms. The minimum absolute atomic E-state index is 0.549. The Morgan fingerprint density at radius 3 is 1.59 bits per heavy atom. The van der Waals surface area contributed by atoms with Crippen LogP contribution < -0.4 is 4.90 Å². The number of hydrogen-bond donors (Lipinski definition) is 0. The molecular formula is C59H39NO. The number of nitrogens with zero attached hydrogens (tertiary/aromatic N) is 1. The molecule has 1 aliphatic carbocycles. The lowest BCUT2D eigenvalue weighted by Gasteiger charge is -2.35. The van der Waals surface area contributed by atoms with Crippen LogP contribution in [-0.4, -0.2) is 0 Å². The Morgan fingerprint density at radius 1 is 0.344 bits per heavy atom. The lowest BCUT2D eigenvalue weighted by molar-refractivity contribution is 0.672. The Hall–Kier alpha value is -7.94. The SMILES string of the molecule is c1ccc(-c2ccccc2N(c2ccc3c(c2)C(c2ccccc2)(c2ccccc2)c2ccccc2-3)c2cccc3oc4c5ccccc5c(-c5ccccc5)cc4c23)cc1. The van der Waals surface area contributed by atoms with Crippen LogP contribution in [0.3, 0.4) is 0 Å². The maximum atomic E-state index is 6.97. The van der Waals surface area contributed by atoms with E-state index in [-0.39, 0.29) is 0 Å². The zero-order valence-corrected chi connectivity index (χ0v) is 33.4. The Labute approximate surface area is 355 Å². The van der Waals surface area contributed by atoms with Gasteiger partial charge in [0.2, 0.25) is 0 Å². The van der Waals surface area contributed by atoms with E-state index in [1.807, 2.05) is 0 Å². The summed E-state index contributed by atoms with van der Waals surface area (Å²) in [5, 5.41) is 4.43. The molecule has 0 N–H and O–H groups in total. The first-order chi connectivity index (χ1) is 30.3. The average Bonchev–Trinajstić information content (AvgIpc) is 3.87. The highest BCUT2D eigenvalue weighted by atomic mass is 16.3. The molecule has 286 valence electrons. The highest BCUT2D eigenvalue weighted by Crippen LogP contribution is 2.58. The summed E-state index contributed by atoms with van der Waals surface area (Å²) >= 11 is 0. The van der Waals surface area contributed by atoms with E-state index in [0.29, 0.717) is 0 Å². The van der Waals surface area contributed by atoms with Crippen LogP contribution in [0.25, 0.3) is 66.1 Å². The third kappa shape index (κ3) is 5.36. The van der Waals surface area contributed by atoms with Gasteiger partial charge < -0.3 is 9.32 Å². The molecule has 61 heavy (non-hydrogen) atoms. The average molecular weight is 778 g/mol. The monoisotopic (exact) mass is 777 g/mol. The lowest BCUT2D eigenvalue weighted by atomic mass is 9.67. The molecule has 0 radical (unpaired) electrons. The van der Waals surface area contributed by atoms with E-state index in [1.54, 1.807) is 0 Å². The van der Waals surface area contributed by atoms with Crippen molar-refractivity contribution in [1.29, 1.82) is 0 Å². The van der Waals surface area contributed by atoms with E-state index in [2.05, 4.69) is 241 Å². The zero-order valence-electron chi connectivity index (χ0n) is 33.4. The number of anilines is 3. The summed E-state index contributed by atoms with van der Waals surface area (Å²) in [4.78, 5) is 2.47. The van der Waals surface area contributed by atoms with Crippen LogP contribution in [-0.2, 0) is 5.41 Å². The lowest BCUT2D eigenvalue weighted by Crippen LogP contribution is -2.28. The van der Waals surface area contributed by atoms with Gasteiger partial charge in [-0.05, 0) is 91.9 Å². The van der Waals surface area contributed by atoms with Crippen LogP contribution in [0, 0.1) is 0 Å². The van der Waals surface area contributed by atoms with Crippen molar-refractivity contribution in [2.24, 2.45) is 0 Å². The third-order valence-electron chi connectivity index (χ3n) is 12.7. The van der Waals surface area contributed by atoms with Gasteiger partial charge in [0.25, 0.3) is 0 Å². The van der Waals surface area contributed by atoms with Crippen molar-refractivity contribution in [2.45, 2.75) is 5.41 Å². The molecule has 0 aliphatic heterocycles. The minimum Gasteiger partial charge on any atom is -0.455 e. The Balaban J connectivity index is 1.19. The van der Waals surface area contributed by atoms with Crippen molar-refractivity contribution >= 4 is 49.8 Å². The molecule has 12 rings (SSSR count). The van der Waals surface area contributed by atoms with E-state index >= 15 is 0 Å². The first kappa shape index (κ1) is 35.0. The van der Waals surface area contributed by atoms with Crippen LogP contribution in [0.15, 0.2) is 241 Å². The quantitative estimate of drug-likeness (QED) is 0.160. The van der Waals surface area contributed by atoms with Gasteiger partial charge in [-0.2, -0.15) is 0 Å². The topological polar surface area (TPSA) is 16.4 Å². The zero-order chi connectivity index (χ0) is 40.3. The van der Waals surface area contributed by atoms with Crippen molar-refractivity contribution in [1.82, 2.24) is 0 Å². The van der Waals surface area contributed by atoms with E-state index in [9.17, 15) is 0 Å². The number of hydrogen-bond acceptors (Lipinski definition) is 2. The smallest absolute Gasteiger partial charge is 0.143 e. The van der Waals surface area contributed by atoms with Gasteiger partial charge in [0.1, 0.15) is 11.2 Å². The van der Waals surface area contributed by atoms with Gasteiger partial charge in [0.15, 0.2) is 0 Å². The van der Waals surface area contributed by atoms with Gasteiger partial charge in [-0.25, -0.2) is 0 Å². The van der Waals surface area contributed by atoms with Gasteiger partial charge in [-0.15, -0.1) is 0 Å². The molecule has 0 saturated heterocycles. The minimum atomic E-state index is -0.549. The molecule has 1 aliphatic rings. The number of para-hydroxylation sites is 1. The molecule has 0 saturated carbocycles. The molecule has 10 aromatic carbocycles. The second-order valence-corrected chi connectivity index (χ2v) is 15.9. The number of rotatable bonds is 7. The van der Waals surface area contributed by atoms with Gasteiger partial charge >= 0.3 is 0 Å². The number of fused-ring (bicyclic) bond motifs is 8. The van der Waals surface area contributed by atoms with Crippen LogP contribution in [0.5, 0.6) is 0 Å². The first-order valence-electron chi connectivity index (χ1n) is 21.0. The van der Waals surface area contributed by atoms with E-state index in [0.717, 1.165) is 55.5 Å². The van der Waals surface area contributed by atoms with Gasteiger partial charge in [-0.1, -0.05) is 200 Å². The summed E-state index contributed by atoms with van der Waals surface area (Å²) in [7, 11) is 0. The number of benzene rings is 10. The molecule has 2 heteroatoms. The summed E-state index contributed by atoms with van der Waals surface area (Å²) in [5.41, 5.74) is 16.6. The predicted molar refractivity (Wildman–Crippen MR) is 254 cm³/mol. The Bertz CT molecular complexity index is 3370. The second kappa shape index (κ2) is 14.1. The molecule has 0 fully saturated rings. The van der Waals surface area contributed by atoms with Gasteiger partial charge in [0, 0.05) is 22.0 Å². The largest absolute Gasteiger partial charge is 0.455 e. The van der Waals surface area contributed by atoms with Crippen molar-refractivity contribution in [3.05, 3.63) is 259 Å². The molecule has 1 heterocycles. The van der Waals surface area contributed by atoms with Crippen molar-refractivity contribution in [3.8, 4) is 33.4 Å². The molecule has 0 amide bonds. The maximum absolute atomic E-state index is 6.97. The van der Waals surface area contributed by atoms with E-state index in [4.69, 9.17) is 4.42 Å². The Kier molecular flexibility index (Phi) is 8.11. The summed E-state index contributed by atoms with van der Waals surface area (Å²) in [6.45, 7) is 0. The standard InChI is InChI=1S/C59H39NO/c1-5-20-40(21-6-1)45-28-16-18-33-54(45)60(55-34-19-35-56-57(55)51-39-50(41-22-7-2-8-23-41)46-29-13-14-31-49(46)58(51)61-56)44-36-37-48-47-30-15-17-32-52(47)59(53(48)38-44,42-24-9-3-10-25-42)43-26-11-4-12-27-43/h1-39H. The Morgan fingerprint density at radius 2 is 0.885 bits per heavy atom. The number of furan rings is 1. The maximum Gasteiger partial charge on any atom is 0.143 e. The summed E-state index contributed by atoms with van der Waals surface area (Å²) in [6, 6.07) is 86.0. The van der Waals surface area contributed by atoms with E-state index < -0.39 is 5.41 Å². The van der Waals surface area contributed by atoms with Crippen molar-refractivity contribution in [2.75, 3.05) is 4.90 Å². The summed E-state index contributed by atoms with van der Waals surface area (Å²) in [6.07, 6.45) is 0. The molecule has 11 aromatic rings. The highest BCUT2D eigenvalue weighted by Gasteiger charge is 2.46. The van der Waals surface area contributed by atoms with Crippen molar-refractivity contribution < 1.29 is 4.42 Å². The molecule has 1 aromatic heterocycles. The third-order valence-corrected chi connectivity index (χ3v) is 12.7. The van der Waals surface area contributed by atoms with Gasteiger partial charge in [0.05, 0.1) is 22.2 Å². The first-order valence-corrected chi connectivity index (χ1v) is 21.0. The molecule has 0 unspecified atom stereocenters. The normalized spacial score (nSPS) is 12.7. The van der Waals surface area contributed by atoms with Crippen LogP contribution in [0.1, 0.15) is 22.3 Å². The van der Waals surface area contributed by atoms with Gasteiger partial charge in [-0.3, -0.25) is 0 Å². The fraction of sp³-hybridized carbons (Fsp3) is 0.0169. The summed E-state index contributed by atoms with van der Waals surface area (Å²) < 4.78 is 6.97. The molecule has 2 nitrogen and oxygen atoms in total. The van der Waals surface area contributed by atoms with E-state index in [1.165, 1.54) is 49.9 Å². The molecular weight excluding hydrogens is 739 g/mol. The fourth-order valence-electron chi connectivity index (χ4n) is 10.2. The van der Waals surface area contributed by atoms with Crippen LogP contribution in [0.4, 0.5) is 17.1 Å². The van der Waals surface area contributed by atoms with Crippen molar-refractivity contribution in [3.63, 3.8) is 0 Å². The molecule has 0 atom stereocenters. The van der Waals surface area contributed by atoms with Crippen LogP contribution in [0.2, 0.25) is 0 Å². The van der Waals surface area contributed by atoms with Crippen LogP contribution >= 0.6 is 0 Å². The fourth-order valence-corrected chi connectivity index (χ4v) is 10.2. The predicted octanol–water partition coefficient (Wildman–Crippen LogP) is 15.9. The summed E-state index contributed by atoms with van der Waals surface area (Å²) in [5.74, 6) is 0. The molecule has 0 bridgehead atoms.